The van der Waals surface area contributed by atoms with Crippen LogP contribution in [0, 0.1) is 0 Å². The van der Waals surface area contributed by atoms with Crippen LogP contribution in [0.25, 0.3) is 5.82 Å². The highest BCUT2D eigenvalue weighted by Crippen LogP contribution is 2.12. The number of rotatable bonds is 4. The summed E-state index contributed by atoms with van der Waals surface area (Å²) in [4.78, 5) is 12.8. The summed E-state index contributed by atoms with van der Waals surface area (Å²) in [6.45, 7) is 2.51. The molecule has 0 atom stereocenters. The zero-order chi connectivity index (χ0) is 11.4. The summed E-state index contributed by atoms with van der Waals surface area (Å²) in [5, 5.41) is 0. The van der Waals surface area contributed by atoms with E-state index < -0.39 is 0 Å². The van der Waals surface area contributed by atoms with Crippen LogP contribution in [0.4, 0.5) is 0 Å². The Bertz CT molecular complexity index is 463. The third kappa shape index (κ3) is 1.94. The van der Waals surface area contributed by atoms with Gasteiger partial charge in [0.15, 0.2) is 5.82 Å². The Kier molecular flexibility index (Phi) is 3.26. The highest BCUT2D eigenvalue weighted by atomic mass is 15.1. The van der Waals surface area contributed by atoms with Gasteiger partial charge in [0.1, 0.15) is 5.82 Å². The fraction of sp³-hybridized carbons (Fsp3) is 0.364. The molecule has 2 aromatic rings. The van der Waals surface area contributed by atoms with Crippen molar-refractivity contribution in [2.45, 2.75) is 26.3 Å². The quantitative estimate of drug-likeness (QED) is 0.831. The van der Waals surface area contributed by atoms with Crippen molar-refractivity contribution in [3.05, 3.63) is 36.3 Å². The van der Waals surface area contributed by atoms with E-state index in [0.29, 0.717) is 6.54 Å². The molecule has 84 valence electrons. The Morgan fingerprint density at radius 3 is 2.75 bits per heavy atom. The molecule has 5 nitrogen and oxygen atoms in total. The Labute approximate surface area is 94.4 Å². The van der Waals surface area contributed by atoms with Crippen LogP contribution in [0.5, 0.6) is 0 Å². The standard InChI is InChI=1S/C11H15N5/c1-2-3-10-14-6-7-16(10)11-9(8-12)13-4-5-15-11/h4-7H,2-3,8,12H2,1H3. The second-order valence-corrected chi connectivity index (χ2v) is 3.49. The molecule has 2 N–H and O–H groups in total. The summed E-state index contributed by atoms with van der Waals surface area (Å²) in [6.07, 6.45) is 8.98. The van der Waals surface area contributed by atoms with Gasteiger partial charge in [-0.25, -0.2) is 9.97 Å². The lowest BCUT2D eigenvalue weighted by Crippen LogP contribution is -2.10. The van der Waals surface area contributed by atoms with Crippen molar-refractivity contribution >= 4 is 0 Å². The molecule has 0 aromatic carbocycles. The lowest BCUT2D eigenvalue weighted by atomic mass is 10.3. The third-order valence-electron chi connectivity index (χ3n) is 2.36. The van der Waals surface area contributed by atoms with Gasteiger partial charge in [-0.1, -0.05) is 6.92 Å². The van der Waals surface area contributed by atoms with Crippen LogP contribution in [-0.2, 0) is 13.0 Å². The van der Waals surface area contributed by atoms with Crippen molar-refractivity contribution in [3.63, 3.8) is 0 Å². The number of hydrogen-bond acceptors (Lipinski definition) is 4. The minimum atomic E-state index is 0.382. The lowest BCUT2D eigenvalue weighted by molar-refractivity contribution is 0.781. The second-order valence-electron chi connectivity index (χ2n) is 3.49. The molecule has 16 heavy (non-hydrogen) atoms. The molecule has 0 aliphatic rings. The van der Waals surface area contributed by atoms with Gasteiger partial charge in [-0.2, -0.15) is 0 Å². The van der Waals surface area contributed by atoms with Crippen LogP contribution in [0.1, 0.15) is 24.9 Å². The number of nitrogens with two attached hydrogens (primary N) is 1. The van der Waals surface area contributed by atoms with Crippen molar-refractivity contribution in [1.82, 2.24) is 19.5 Å². The SMILES string of the molecule is CCCc1nccn1-c1nccnc1CN. The van der Waals surface area contributed by atoms with Gasteiger partial charge in [-0.3, -0.25) is 9.55 Å². The molecule has 0 fully saturated rings. The van der Waals surface area contributed by atoms with Crippen molar-refractivity contribution in [3.8, 4) is 5.82 Å². The van der Waals surface area contributed by atoms with E-state index in [1.165, 1.54) is 0 Å². The minimum Gasteiger partial charge on any atom is -0.325 e. The first-order chi connectivity index (χ1) is 7.86. The van der Waals surface area contributed by atoms with E-state index in [1.54, 1.807) is 18.6 Å². The monoisotopic (exact) mass is 217 g/mol. The smallest absolute Gasteiger partial charge is 0.161 e. The molecule has 2 rings (SSSR count). The van der Waals surface area contributed by atoms with Crippen LogP contribution in [0.2, 0.25) is 0 Å². The fourth-order valence-electron chi connectivity index (χ4n) is 1.64. The molecule has 0 bridgehead atoms. The average molecular weight is 217 g/mol. The minimum absolute atomic E-state index is 0.382. The molecule has 0 radical (unpaired) electrons. The highest BCUT2D eigenvalue weighted by Gasteiger charge is 2.09. The Hall–Kier alpha value is -1.75. The fourth-order valence-corrected chi connectivity index (χ4v) is 1.64. The zero-order valence-corrected chi connectivity index (χ0v) is 9.30. The maximum Gasteiger partial charge on any atom is 0.161 e. The molecule has 2 heterocycles. The summed E-state index contributed by atoms with van der Waals surface area (Å²) >= 11 is 0. The molecular formula is C11H15N5. The topological polar surface area (TPSA) is 69.6 Å². The molecule has 0 saturated carbocycles. The largest absolute Gasteiger partial charge is 0.325 e. The van der Waals surface area contributed by atoms with Gasteiger partial charge in [0, 0.05) is 37.8 Å². The average Bonchev–Trinajstić information content (AvgIpc) is 2.77. The predicted octanol–water partition coefficient (Wildman–Crippen LogP) is 1.07. The van der Waals surface area contributed by atoms with Gasteiger partial charge in [-0.15, -0.1) is 0 Å². The van der Waals surface area contributed by atoms with E-state index >= 15 is 0 Å². The van der Waals surface area contributed by atoms with Gasteiger partial charge in [0.25, 0.3) is 0 Å². The lowest BCUT2D eigenvalue weighted by Gasteiger charge is -2.08. The highest BCUT2D eigenvalue weighted by molar-refractivity contribution is 5.29. The molecular weight excluding hydrogens is 202 g/mol. The van der Waals surface area contributed by atoms with Crippen LogP contribution >= 0.6 is 0 Å². The summed E-state index contributed by atoms with van der Waals surface area (Å²) in [5.41, 5.74) is 6.43. The summed E-state index contributed by atoms with van der Waals surface area (Å²) in [7, 11) is 0. The van der Waals surface area contributed by atoms with Crippen molar-refractivity contribution < 1.29 is 0 Å². The Morgan fingerprint density at radius 2 is 2.00 bits per heavy atom. The van der Waals surface area contributed by atoms with Crippen molar-refractivity contribution in [2.75, 3.05) is 0 Å². The van der Waals surface area contributed by atoms with E-state index in [1.807, 2.05) is 10.8 Å². The molecule has 0 amide bonds. The number of aryl methyl sites for hydroxylation is 1. The molecule has 0 aliphatic carbocycles. The van der Waals surface area contributed by atoms with Gasteiger partial charge in [-0.05, 0) is 6.42 Å². The normalized spacial score (nSPS) is 10.6. The molecule has 0 spiro atoms. The Balaban J connectivity index is 2.45. The Morgan fingerprint density at radius 1 is 1.19 bits per heavy atom. The van der Waals surface area contributed by atoms with Crippen LogP contribution in [0.15, 0.2) is 24.8 Å². The number of hydrogen-bond donors (Lipinski definition) is 1. The van der Waals surface area contributed by atoms with Gasteiger partial charge in [0.05, 0.1) is 5.69 Å². The second kappa shape index (κ2) is 4.85. The number of aromatic nitrogens is 4. The van der Waals surface area contributed by atoms with Crippen LogP contribution in [-0.4, -0.2) is 19.5 Å². The predicted molar refractivity (Wildman–Crippen MR) is 61.0 cm³/mol. The molecule has 2 aromatic heterocycles. The number of imidazole rings is 1. The van der Waals surface area contributed by atoms with Crippen molar-refractivity contribution in [2.24, 2.45) is 5.73 Å². The first-order valence-electron chi connectivity index (χ1n) is 5.39. The summed E-state index contributed by atoms with van der Waals surface area (Å²) < 4.78 is 1.96. The maximum atomic E-state index is 5.64. The van der Waals surface area contributed by atoms with Gasteiger partial charge in [0.2, 0.25) is 0 Å². The summed E-state index contributed by atoms with van der Waals surface area (Å²) in [6, 6.07) is 0. The van der Waals surface area contributed by atoms with Gasteiger partial charge < -0.3 is 5.73 Å². The first-order valence-corrected chi connectivity index (χ1v) is 5.39. The van der Waals surface area contributed by atoms with Gasteiger partial charge >= 0.3 is 0 Å². The van der Waals surface area contributed by atoms with E-state index in [0.717, 1.165) is 30.2 Å². The van der Waals surface area contributed by atoms with Crippen LogP contribution < -0.4 is 5.73 Å². The van der Waals surface area contributed by atoms with E-state index in [4.69, 9.17) is 5.73 Å². The molecule has 0 unspecified atom stereocenters. The molecule has 0 aliphatic heterocycles. The van der Waals surface area contributed by atoms with Crippen LogP contribution in [0.3, 0.4) is 0 Å². The van der Waals surface area contributed by atoms with E-state index in [2.05, 4.69) is 21.9 Å². The maximum absolute atomic E-state index is 5.64. The zero-order valence-electron chi connectivity index (χ0n) is 9.30. The van der Waals surface area contributed by atoms with E-state index in [9.17, 15) is 0 Å². The van der Waals surface area contributed by atoms with E-state index in [-0.39, 0.29) is 0 Å². The molecule has 0 saturated heterocycles. The first kappa shape index (κ1) is 10.8. The third-order valence-corrected chi connectivity index (χ3v) is 2.36. The molecule has 5 heteroatoms. The number of nitrogens with zero attached hydrogens (tertiary/aromatic N) is 4. The summed E-state index contributed by atoms with van der Waals surface area (Å²) in [5.74, 6) is 1.78. The van der Waals surface area contributed by atoms with Crippen molar-refractivity contribution in [1.29, 1.82) is 0 Å².